The zero-order chi connectivity index (χ0) is 20.0. The lowest BCUT2D eigenvalue weighted by Gasteiger charge is -2.27. The lowest BCUT2D eigenvalue weighted by molar-refractivity contribution is -0.128. The van der Waals surface area contributed by atoms with E-state index in [0.717, 1.165) is 17.4 Å². The maximum absolute atomic E-state index is 12.8. The molecule has 146 valence electrons. The van der Waals surface area contributed by atoms with Gasteiger partial charge < -0.3 is 9.64 Å². The highest BCUT2D eigenvalue weighted by Gasteiger charge is 2.24. The van der Waals surface area contributed by atoms with Gasteiger partial charge in [0.05, 0.1) is 19.1 Å². The van der Waals surface area contributed by atoms with Crippen molar-refractivity contribution < 1.29 is 17.9 Å². The predicted molar refractivity (Wildman–Crippen MR) is 107 cm³/mol. The van der Waals surface area contributed by atoms with Crippen LogP contribution in [0, 0.1) is 0 Å². The molecule has 7 heteroatoms. The largest absolute Gasteiger partial charge is 0.496 e. The number of para-hydroxylation sites is 2. The first-order valence-corrected chi connectivity index (χ1v) is 10.5. The summed E-state index contributed by atoms with van der Waals surface area (Å²) in [5.41, 5.74) is 2.28. The Bertz CT molecular complexity index is 896. The van der Waals surface area contributed by atoms with E-state index >= 15 is 0 Å². The number of carbonyl (C=O) groups excluding carboxylic acids is 1. The summed E-state index contributed by atoms with van der Waals surface area (Å²) < 4.78 is 31.2. The van der Waals surface area contributed by atoms with Crippen molar-refractivity contribution in [1.82, 2.24) is 4.90 Å². The summed E-state index contributed by atoms with van der Waals surface area (Å²) in [5.74, 6) is 0.394. The van der Waals surface area contributed by atoms with Gasteiger partial charge in [0.15, 0.2) is 0 Å². The predicted octanol–water partition coefficient (Wildman–Crippen LogP) is 2.68. The molecule has 0 aromatic heterocycles. The van der Waals surface area contributed by atoms with Crippen molar-refractivity contribution in [2.45, 2.75) is 19.9 Å². The van der Waals surface area contributed by atoms with E-state index in [1.165, 1.54) is 9.21 Å². The molecular weight excluding hydrogens is 364 g/mol. The van der Waals surface area contributed by atoms with Crippen molar-refractivity contribution in [3.63, 3.8) is 0 Å². The molecule has 0 radical (unpaired) electrons. The van der Waals surface area contributed by atoms with Gasteiger partial charge in [-0.25, -0.2) is 8.42 Å². The number of aryl methyl sites for hydroxylation is 1. The van der Waals surface area contributed by atoms with Crippen LogP contribution in [0.15, 0.2) is 48.5 Å². The van der Waals surface area contributed by atoms with E-state index in [1.807, 2.05) is 43.3 Å². The van der Waals surface area contributed by atoms with Gasteiger partial charge in [0, 0.05) is 19.2 Å². The van der Waals surface area contributed by atoms with Crippen LogP contribution in [0.3, 0.4) is 0 Å². The molecule has 6 nitrogen and oxygen atoms in total. The van der Waals surface area contributed by atoms with Crippen molar-refractivity contribution in [3.8, 4) is 5.75 Å². The Morgan fingerprint density at radius 2 is 1.63 bits per heavy atom. The standard InChI is InChI=1S/C20H26N2O4S/c1-5-16-10-6-8-12-18(16)22(27(4,24)25)15-20(23)21(2)14-17-11-7-9-13-19(17)26-3/h6-13H,5,14-15H2,1-4H3. The van der Waals surface area contributed by atoms with Crippen molar-refractivity contribution in [2.24, 2.45) is 0 Å². The second kappa shape index (κ2) is 8.90. The average Bonchev–Trinajstić information content (AvgIpc) is 2.65. The van der Waals surface area contributed by atoms with Gasteiger partial charge in [0.1, 0.15) is 12.3 Å². The van der Waals surface area contributed by atoms with Crippen molar-refractivity contribution >= 4 is 21.6 Å². The molecule has 0 unspecified atom stereocenters. The number of ether oxygens (including phenoxy) is 1. The van der Waals surface area contributed by atoms with Crippen LogP contribution in [0.1, 0.15) is 18.1 Å². The molecule has 0 saturated carbocycles. The molecule has 0 N–H and O–H groups in total. The van der Waals surface area contributed by atoms with Gasteiger partial charge in [-0.3, -0.25) is 9.10 Å². The molecule has 0 spiro atoms. The SMILES string of the molecule is CCc1ccccc1N(CC(=O)N(C)Cc1ccccc1OC)S(C)(=O)=O. The van der Waals surface area contributed by atoms with Gasteiger partial charge in [0.2, 0.25) is 15.9 Å². The molecule has 2 aromatic rings. The lowest BCUT2D eigenvalue weighted by Crippen LogP contribution is -2.41. The first-order chi connectivity index (χ1) is 12.8. The summed E-state index contributed by atoms with van der Waals surface area (Å²) in [7, 11) is -0.373. The Balaban J connectivity index is 2.23. The summed E-state index contributed by atoms with van der Waals surface area (Å²) in [5, 5.41) is 0. The quantitative estimate of drug-likeness (QED) is 0.695. The smallest absolute Gasteiger partial charge is 0.243 e. The first kappa shape index (κ1) is 20.8. The number of amides is 1. The Labute approximate surface area is 161 Å². The number of sulfonamides is 1. The zero-order valence-corrected chi connectivity index (χ0v) is 17.0. The highest BCUT2D eigenvalue weighted by Crippen LogP contribution is 2.24. The van der Waals surface area contributed by atoms with Crippen LogP contribution in [-0.2, 0) is 27.8 Å². The number of methoxy groups -OCH3 is 1. The van der Waals surface area contributed by atoms with Gasteiger partial charge in [-0.15, -0.1) is 0 Å². The number of nitrogens with zero attached hydrogens (tertiary/aromatic N) is 2. The zero-order valence-electron chi connectivity index (χ0n) is 16.2. The second-order valence-electron chi connectivity index (χ2n) is 6.31. The third-order valence-electron chi connectivity index (χ3n) is 4.35. The number of hydrogen-bond donors (Lipinski definition) is 0. The number of anilines is 1. The minimum atomic E-state index is -3.60. The average molecular weight is 391 g/mol. The summed E-state index contributed by atoms with van der Waals surface area (Å²) in [6.45, 7) is 2.03. The molecule has 0 aliphatic rings. The second-order valence-corrected chi connectivity index (χ2v) is 8.22. The molecular formula is C20H26N2O4S. The molecule has 2 rings (SSSR count). The fourth-order valence-electron chi connectivity index (χ4n) is 2.86. The number of rotatable bonds is 8. The van der Waals surface area contributed by atoms with Gasteiger partial charge in [-0.05, 0) is 24.1 Å². The van der Waals surface area contributed by atoms with Crippen LogP contribution >= 0.6 is 0 Å². The van der Waals surface area contributed by atoms with E-state index in [2.05, 4.69) is 0 Å². The van der Waals surface area contributed by atoms with Crippen LogP contribution in [-0.4, -0.2) is 46.2 Å². The third-order valence-corrected chi connectivity index (χ3v) is 5.47. The van der Waals surface area contributed by atoms with E-state index in [1.54, 1.807) is 26.3 Å². The Kier molecular flexibility index (Phi) is 6.85. The molecule has 0 heterocycles. The number of likely N-dealkylation sites (N-methyl/N-ethyl adjacent to an activating group) is 1. The molecule has 1 amide bonds. The van der Waals surface area contributed by atoms with E-state index < -0.39 is 10.0 Å². The molecule has 0 aliphatic carbocycles. The van der Waals surface area contributed by atoms with Gasteiger partial charge in [-0.2, -0.15) is 0 Å². The fraction of sp³-hybridized carbons (Fsp3) is 0.350. The Morgan fingerprint density at radius 1 is 1.04 bits per heavy atom. The molecule has 0 bridgehead atoms. The van der Waals surface area contributed by atoms with Crippen molar-refractivity contribution in [2.75, 3.05) is 31.3 Å². The number of carbonyl (C=O) groups is 1. The maximum atomic E-state index is 12.8. The van der Waals surface area contributed by atoms with E-state index in [-0.39, 0.29) is 12.5 Å². The fourth-order valence-corrected chi connectivity index (χ4v) is 3.74. The Morgan fingerprint density at radius 3 is 2.22 bits per heavy atom. The minimum Gasteiger partial charge on any atom is -0.496 e. The highest BCUT2D eigenvalue weighted by atomic mass is 32.2. The summed E-state index contributed by atoms with van der Waals surface area (Å²) in [6, 6.07) is 14.7. The monoisotopic (exact) mass is 390 g/mol. The van der Waals surface area contributed by atoms with Crippen LogP contribution in [0.25, 0.3) is 0 Å². The minimum absolute atomic E-state index is 0.249. The topological polar surface area (TPSA) is 66.9 Å². The number of benzene rings is 2. The van der Waals surface area contributed by atoms with Gasteiger partial charge in [-0.1, -0.05) is 43.3 Å². The van der Waals surface area contributed by atoms with E-state index in [4.69, 9.17) is 4.74 Å². The van der Waals surface area contributed by atoms with E-state index in [0.29, 0.717) is 24.4 Å². The normalized spacial score (nSPS) is 11.1. The lowest BCUT2D eigenvalue weighted by atomic mass is 10.1. The molecule has 0 aliphatic heterocycles. The first-order valence-electron chi connectivity index (χ1n) is 8.69. The summed E-state index contributed by atoms with van der Waals surface area (Å²) in [6.07, 6.45) is 1.79. The summed E-state index contributed by atoms with van der Waals surface area (Å²) in [4.78, 5) is 14.3. The molecule has 2 aromatic carbocycles. The van der Waals surface area contributed by atoms with Crippen LogP contribution in [0.4, 0.5) is 5.69 Å². The molecule has 0 atom stereocenters. The van der Waals surface area contributed by atoms with Crippen molar-refractivity contribution in [3.05, 3.63) is 59.7 Å². The van der Waals surface area contributed by atoms with Gasteiger partial charge in [0.25, 0.3) is 0 Å². The summed E-state index contributed by atoms with van der Waals surface area (Å²) >= 11 is 0. The Hall–Kier alpha value is -2.54. The highest BCUT2D eigenvalue weighted by molar-refractivity contribution is 7.92. The van der Waals surface area contributed by atoms with Crippen LogP contribution in [0.2, 0.25) is 0 Å². The van der Waals surface area contributed by atoms with E-state index in [9.17, 15) is 13.2 Å². The van der Waals surface area contributed by atoms with Crippen LogP contribution < -0.4 is 9.04 Å². The maximum Gasteiger partial charge on any atom is 0.243 e. The third kappa shape index (κ3) is 5.23. The molecule has 0 fully saturated rings. The van der Waals surface area contributed by atoms with Crippen molar-refractivity contribution in [1.29, 1.82) is 0 Å². The van der Waals surface area contributed by atoms with Gasteiger partial charge >= 0.3 is 0 Å². The van der Waals surface area contributed by atoms with Crippen LogP contribution in [0.5, 0.6) is 5.75 Å². The molecule has 27 heavy (non-hydrogen) atoms. The molecule has 0 saturated heterocycles. The number of hydrogen-bond acceptors (Lipinski definition) is 4.